The Morgan fingerprint density at radius 3 is 2.68 bits per heavy atom. The molecule has 0 aliphatic heterocycles. The highest BCUT2D eigenvalue weighted by Gasteiger charge is 1.99. The van der Waals surface area contributed by atoms with Gasteiger partial charge >= 0.3 is 0 Å². The van der Waals surface area contributed by atoms with Gasteiger partial charge in [0.25, 0.3) is 0 Å². The standard InChI is InChI=1S/C18H17N3S/c1-21(18-5-3-13-22-18)12-2-4-15-6-8-16(9-7-15)17-10-11-19-14-20-17/h2-11,13-14H,12H2,1H3/b4-2+. The summed E-state index contributed by atoms with van der Waals surface area (Å²) in [5, 5.41) is 3.38. The van der Waals surface area contributed by atoms with Crippen molar-refractivity contribution in [3.63, 3.8) is 0 Å². The van der Waals surface area contributed by atoms with E-state index < -0.39 is 0 Å². The summed E-state index contributed by atoms with van der Waals surface area (Å²) in [6, 6.07) is 14.5. The number of anilines is 1. The second-order valence-electron chi connectivity index (χ2n) is 4.95. The molecular formula is C18H17N3S. The van der Waals surface area contributed by atoms with Crippen molar-refractivity contribution in [3.8, 4) is 11.3 Å². The third kappa shape index (κ3) is 3.59. The van der Waals surface area contributed by atoms with Gasteiger partial charge in [-0.1, -0.05) is 36.4 Å². The number of hydrogen-bond acceptors (Lipinski definition) is 4. The molecule has 3 nitrogen and oxygen atoms in total. The van der Waals surface area contributed by atoms with Gasteiger partial charge in [0, 0.05) is 25.4 Å². The Hall–Kier alpha value is -2.46. The van der Waals surface area contributed by atoms with Gasteiger partial charge in [-0.15, -0.1) is 11.3 Å². The Morgan fingerprint density at radius 2 is 2.00 bits per heavy atom. The van der Waals surface area contributed by atoms with Gasteiger partial charge in [-0.2, -0.15) is 0 Å². The Labute approximate surface area is 134 Å². The topological polar surface area (TPSA) is 29.0 Å². The highest BCUT2D eigenvalue weighted by molar-refractivity contribution is 7.14. The highest BCUT2D eigenvalue weighted by Crippen LogP contribution is 2.20. The number of thiophene rings is 1. The van der Waals surface area contributed by atoms with Crippen molar-refractivity contribution in [3.05, 3.63) is 72.0 Å². The van der Waals surface area contributed by atoms with Crippen LogP contribution in [0.1, 0.15) is 5.56 Å². The van der Waals surface area contributed by atoms with E-state index in [4.69, 9.17) is 0 Å². The van der Waals surface area contributed by atoms with E-state index in [-0.39, 0.29) is 0 Å². The molecule has 110 valence electrons. The maximum absolute atomic E-state index is 4.26. The summed E-state index contributed by atoms with van der Waals surface area (Å²) in [6.45, 7) is 0.897. The average molecular weight is 307 g/mol. The van der Waals surface area contributed by atoms with Crippen LogP contribution >= 0.6 is 11.3 Å². The molecule has 0 unspecified atom stereocenters. The SMILES string of the molecule is CN(C/C=C/c1ccc(-c2ccncn2)cc1)c1cccs1. The lowest BCUT2D eigenvalue weighted by atomic mass is 10.1. The molecule has 0 saturated carbocycles. The first-order valence-electron chi connectivity index (χ1n) is 7.10. The molecule has 3 rings (SSSR count). The molecule has 0 bridgehead atoms. The number of aromatic nitrogens is 2. The zero-order chi connectivity index (χ0) is 15.2. The third-order valence-corrected chi connectivity index (χ3v) is 4.34. The molecule has 4 heteroatoms. The van der Waals surface area contributed by atoms with Crippen LogP contribution in [0.5, 0.6) is 0 Å². The lowest BCUT2D eigenvalue weighted by molar-refractivity contribution is 1.05. The zero-order valence-electron chi connectivity index (χ0n) is 12.4. The number of rotatable bonds is 5. The molecule has 0 aliphatic rings. The van der Waals surface area contributed by atoms with E-state index in [1.807, 2.05) is 6.07 Å². The average Bonchev–Trinajstić information content (AvgIpc) is 3.11. The molecular weight excluding hydrogens is 290 g/mol. The van der Waals surface area contributed by atoms with E-state index in [0.717, 1.165) is 17.8 Å². The number of likely N-dealkylation sites (N-methyl/N-ethyl adjacent to an activating group) is 1. The fraction of sp³-hybridized carbons (Fsp3) is 0.111. The summed E-state index contributed by atoms with van der Waals surface area (Å²) < 4.78 is 0. The van der Waals surface area contributed by atoms with Crippen LogP contribution in [0.15, 0.2) is 66.4 Å². The third-order valence-electron chi connectivity index (χ3n) is 3.36. The maximum atomic E-state index is 4.26. The molecule has 0 spiro atoms. The van der Waals surface area contributed by atoms with Crippen LogP contribution in [-0.4, -0.2) is 23.6 Å². The van der Waals surface area contributed by atoms with Gasteiger partial charge in [0.2, 0.25) is 0 Å². The van der Waals surface area contributed by atoms with Gasteiger partial charge in [0.05, 0.1) is 10.7 Å². The Kier molecular flexibility index (Phi) is 4.61. The van der Waals surface area contributed by atoms with E-state index in [2.05, 4.69) is 75.8 Å². The second kappa shape index (κ2) is 7.00. The summed E-state index contributed by atoms with van der Waals surface area (Å²) in [5.41, 5.74) is 3.25. The van der Waals surface area contributed by atoms with Crippen molar-refractivity contribution < 1.29 is 0 Å². The fourth-order valence-electron chi connectivity index (χ4n) is 2.15. The Balaban J connectivity index is 1.62. The van der Waals surface area contributed by atoms with Gasteiger partial charge in [-0.25, -0.2) is 9.97 Å². The van der Waals surface area contributed by atoms with E-state index in [0.29, 0.717) is 0 Å². The first-order chi connectivity index (χ1) is 10.8. The quantitative estimate of drug-likeness (QED) is 0.701. The minimum Gasteiger partial charge on any atom is -0.363 e. The molecule has 2 aromatic heterocycles. The molecule has 2 heterocycles. The molecule has 1 aromatic carbocycles. The zero-order valence-corrected chi connectivity index (χ0v) is 13.2. The predicted molar refractivity (Wildman–Crippen MR) is 94.1 cm³/mol. The van der Waals surface area contributed by atoms with Gasteiger partial charge in [-0.3, -0.25) is 0 Å². The van der Waals surface area contributed by atoms with Crippen LogP contribution in [0.4, 0.5) is 5.00 Å². The molecule has 0 amide bonds. The minimum absolute atomic E-state index is 0.897. The summed E-state index contributed by atoms with van der Waals surface area (Å²) in [6.07, 6.45) is 7.66. The molecule has 22 heavy (non-hydrogen) atoms. The molecule has 0 aliphatic carbocycles. The van der Waals surface area contributed by atoms with Crippen molar-refractivity contribution in [1.82, 2.24) is 9.97 Å². The van der Waals surface area contributed by atoms with E-state index in [1.54, 1.807) is 23.9 Å². The maximum Gasteiger partial charge on any atom is 0.116 e. The van der Waals surface area contributed by atoms with Crippen LogP contribution in [0.3, 0.4) is 0 Å². The van der Waals surface area contributed by atoms with Crippen LogP contribution in [0.2, 0.25) is 0 Å². The first kappa shape index (κ1) is 14.5. The summed E-state index contributed by atoms with van der Waals surface area (Å²) >= 11 is 1.76. The van der Waals surface area contributed by atoms with Gasteiger partial charge in [0.15, 0.2) is 0 Å². The fourth-order valence-corrected chi connectivity index (χ4v) is 2.86. The van der Waals surface area contributed by atoms with Crippen LogP contribution in [0.25, 0.3) is 17.3 Å². The lowest BCUT2D eigenvalue weighted by Gasteiger charge is -2.13. The van der Waals surface area contributed by atoms with E-state index in [9.17, 15) is 0 Å². The minimum atomic E-state index is 0.897. The number of benzene rings is 1. The number of hydrogen-bond donors (Lipinski definition) is 0. The molecule has 0 radical (unpaired) electrons. The van der Waals surface area contributed by atoms with Crippen LogP contribution < -0.4 is 4.90 Å². The van der Waals surface area contributed by atoms with E-state index in [1.165, 1.54) is 10.6 Å². The molecule has 0 atom stereocenters. The van der Waals surface area contributed by atoms with Crippen molar-refractivity contribution in [2.75, 3.05) is 18.5 Å². The summed E-state index contributed by atoms with van der Waals surface area (Å²) in [7, 11) is 2.11. The van der Waals surface area contributed by atoms with Gasteiger partial charge < -0.3 is 4.90 Å². The molecule has 0 N–H and O–H groups in total. The van der Waals surface area contributed by atoms with Crippen molar-refractivity contribution in [2.45, 2.75) is 0 Å². The van der Waals surface area contributed by atoms with E-state index >= 15 is 0 Å². The second-order valence-corrected chi connectivity index (χ2v) is 5.88. The highest BCUT2D eigenvalue weighted by atomic mass is 32.1. The van der Waals surface area contributed by atoms with Crippen molar-refractivity contribution >= 4 is 22.4 Å². The largest absolute Gasteiger partial charge is 0.363 e. The monoisotopic (exact) mass is 307 g/mol. The summed E-state index contributed by atoms with van der Waals surface area (Å²) in [5.74, 6) is 0. The normalized spacial score (nSPS) is 11.0. The molecule has 0 saturated heterocycles. The predicted octanol–water partition coefficient (Wildman–Crippen LogP) is 4.35. The molecule has 3 aromatic rings. The molecule has 0 fully saturated rings. The first-order valence-corrected chi connectivity index (χ1v) is 7.98. The van der Waals surface area contributed by atoms with Crippen LogP contribution in [-0.2, 0) is 0 Å². The van der Waals surface area contributed by atoms with Gasteiger partial charge in [0.1, 0.15) is 6.33 Å². The Bertz CT molecular complexity index is 719. The lowest BCUT2D eigenvalue weighted by Crippen LogP contribution is -2.14. The summed E-state index contributed by atoms with van der Waals surface area (Å²) in [4.78, 5) is 10.4. The van der Waals surface area contributed by atoms with Gasteiger partial charge in [-0.05, 0) is 29.1 Å². The van der Waals surface area contributed by atoms with Crippen LogP contribution in [0, 0.1) is 0 Å². The van der Waals surface area contributed by atoms with Crippen molar-refractivity contribution in [1.29, 1.82) is 0 Å². The van der Waals surface area contributed by atoms with Crippen molar-refractivity contribution in [2.24, 2.45) is 0 Å². The number of nitrogens with zero attached hydrogens (tertiary/aromatic N) is 3. The smallest absolute Gasteiger partial charge is 0.116 e. The Morgan fingerprint density at radius 1 is 1.14 bits per heavy atom.